The van der Waals surface area contributed by atoms with Crippen LogP contribution in [0, 0.1) is 5.41 Å². The highest BCUT2D eigenvalue weighted by Gasteiger charge is 2.38. The maximum atomic E-state index is 12.2. The van der Waals surface area contributed by atoms with Crippen LogP contribution in [0.5, 0.6) is 0 Å². The number of likely N-dealkylation sites (tertiary alicyclic amines) is 1. The van der Waals surface area contributed by atoms with Gasteiger partial charge in [0.25, 0.3) is 0 Å². The summed E-state index contributed by atoms with van der Waals surface area (Å²) in [6.45, 7) is 9.74. The van der Waals surface area contributed by atoms with Crippen molar-refractivity contribution in [3.63, 3.8) is 0 Å². The molecular weight excluding hydrogens is 214 g/mol. The van der Waals surface area contributed by atoms with Crippen LogP contribution in [0.2, 0.25) is 0 Å². The van der Waals surface area contributed by atoms with Crippen LogP contribution in [-0.2, 0) is 0 Å². The Labute approximate surface area is 105 Å². The Morgan fingerprint density at radius 3 is 2.59 bits per heavy atom. The number of nitrogens with zero attached hydrogens (tertiary/aromatic N) is 3. The van der Waals surface area contributed by atoms with Crippen LogP contribution in [0.15, 0.2) is 4.99 Å². The van der Waals surface area contributed by atoms with Crippen LogP contribution in [0.1, 0.15) is 33.6 Å². The summed E-state index contributed by atoms with van der Waals surface area (Å²) >= 11 is 0. The van der Waals surface area contributed by atoms with E-state index in [0.29, 0.717) is 12.0 Å². The van der Waals surface area contributed by atoms with E-state index in [1.807, 2.05) is 9.80 Å². The number of aliphatic imine (C=N–C) groups is 1. The summed E-state index contributed by atoms with van der Waals surface area (Å²) in [7, 11) is 1.75. The van der Waals surface area contributed by atoms with Gasteiger partial charge >= 0.3 is 6.03 Å². The zero-order valence-electron chi connectivity index (χ0n) is 11.6. The molecule has 0 spiro atoms. The van der Waals surface area contributed by atoms with Crippen molar-refractivity contribution in [2.75, 3.05) is 33.2 Å². The lowest BCUT2D eigenvalue weighted by Crippen LogP contribution is -2.59. The molecule has 4 heteroatoms. The van der Waals surface area contributed by atoms with E-state index in [9.17, 15) is 4.79 Å². The highest BCUT2D eigenvalue weighted by Crippen LogP contribution is 2.29. The first-order valence-corrected chi connectivity index (χ1v) is 6.44. The van der Waals surface area contributed by atoms with E-state index in [4.69, 9.17) is 0 Å². The van der Waals surface area contributed by atoms with Crippen molar-refractivity contribution >= 4 is 12.2 Å². The number of unbranched alkanes of at least 4 members (excludes halogenated alkanes) is 1. The molecule has 0 aromatic heterocycles. The van der Waals surface area contributed by atoms with E-state index in [1.54, 1.807) is 13.3 Å². The van der Waals surface area contributed by atoms with Crippen molar-refractivity contribution in [2.24, 2.45) is 10.4 Å². The molecule has 98 valence electrons. The molecule has 2 amide bonds. The largest absolute Gasteiger partial charge is 0.323 e. The van der Waals surface area contributed by atoms with Gasteiger partial charge in [0, 0.05) is 38.3 Å². The van der Waals surface area contributed by atoms with Crippen LogP contribution in [-0.4, -0.2) is 55.3 Å². The van der Waals surface area contributed by atoms with Gasteiger partial charge in [-0.25, -0.2) is 4.79 Å². The molecule has 0 radical (unpaired) electrons. The van der Waals surface area contributed by atoms with Crippen molar-refractivity contribution in [3.8, 4) is 0 Å². The van der Waals surface area contributed by atoms with Crippen LogP contribution in [0.4, 0.5) is 4.79 Å². The first-order chi connectivity index (χ1) is 8.00. The molecule has 0 aromatic carbocycles. The monoisotopic (exact) mass is 239 g/mol. The molecule has 1 aliphatic heterocycles. The Balaban J connectivity index is 2.48. The van der Waals surface area contributed by atoms with E-state index in [2.05, 4.69) is 25.8 Å². The van der Waals surface area contributed by atoms with E-state index >= 15 is 0 Å². The molecule has 0 N–H and O–H groups in total. The van der Waals surface area contributed by atoms with Gasteiger partial charge < -0.3 is 9.80 Å². The van der Waals surface area contributed by atoms with Gasteiger partial charge in [-0.2, -0.15) is 0 Å². The number of hydrogen-bond acceptors (Lipinski definition) is 2. The highest BCUT2D eigenvalue weighted by molar-refractivity contribution is 5.78. The Hall–Kier alpha value is -1.06. The maximum absolute atomic E-state index is 12.2. The fourth-order valence-corrected chi connectivity index (χ4v) is 2.12. The fraction of sp³-hybridized carbons (Fsp3) is 0.846. The second-order valence-corrected chi connectivity index (χ2v) is 5.54. The third-order valence-corrected chi connectivity index (χ3v) is 3.05. The highest BCUT2D eigenvalue weighted by atomic mass is 16.2. The van der Waals surface area contributed by atoms with E-state index in [1.165, 1.54) is 0 Å². The average molecular weight is 239 g/mol. The molecular formula is C13H25N3O. The van der Waals surface area contributed by atoms with Crippen molar-refractivity contribution < 1.29 is 4.79 Å². The normalized spacial score (nSPS) is 18.2. The Morgan fingerprint density at radius 2 is 2.12 bits per heavy atom. The van der Waals surface area contributed by atoms with Crippen molar-refractivity contribution in [2.45, 2.75) is 33.6 Å². The first-order valence-electron chi connectivity index (χ1n) is 6.44. The molecule has 1 fully saturated rings. The molecule has 1 saturated heterocycles. The SMILES string of the molecule is CCCCN(C/C=N/C)C(=O)N1CC(C)(C)C1. The molecule has 0 atom stereocenters. The van der Waals surface area contributed by atoms with Crippen molar-refractivity contribution in [3.05, 3.63) is 0 Å². The van der Waals surface area contributed by atoms with Gasteiger partial charge in [0.2, 0.25) is 0 Å². The first kappa shape index (κ1) is 14.0. The summed E-state index contributed by atoms with van der Waals surface area (Å²) in [4.78, 5) is 20.0. The van der Waals surface area contributed by atoms with Gasteiger partial charge in [-0.05, 0) is 6.42 Å². The second kappa shape index (κ2) is 6.03. The van der Waals surface area contributed by atoms with Crippen molar-refractivity contribution in [1.82, 2.24) is 9.80 Å². The quantitative estimate of drug-likeness (QED) is 0.678. The van der Waals surface area contributed by atoms with Gasteiger partial charge in [0.15, 0.2) is 0 Å². The topological polar surface area (TPSA) is 35.9 Å². The average Bonchev–Trinajstić information content (AvgIpc) is 2.25. The summed E-state index contributed by atoms with van der Waals surface area (Å²) in [5, 5.41) is 0. The van der Waals surface area contributed by atoms with Gasteiger partial charge in [-0.1, -0.05) is 27.2 Å². The Bertz CT molecular complexity index is 278. The van der Waals surface area contributed by atoms with E-state index in [-0.39, 0.29) is 6.03 Å². The minimum absolute atomic E-state index is 0.165. The van der Waals surface area contributed by atoms with Gasteiger partial charge in [0.1, 0.15) is 0 Å². The molecule has 1 aliphatic rings. The Morgan fingerprint density at radius 1 is 1.47 bits per heavy atom. The van der Waals surface area contributed by atoms with Crippen LogP contribution in [0.3, 0.4) is 0 Å². The fourth-order valence-electron chi connectivity index (χ4n) is 2.12. The summed E-state index contributed by atoms with van der Waals surface area (Å²) in [6, 6.07) is 0.165. The van der Waals surface area contributed by atoms with E-state index in [0.717, 1.165) is 32.5 Å². The molecule has 0 saturated carbocycles. The van der Waals surface area contributed by atoms with Gasteiger partial charge in [-0.15, -0.1) is 0 Å². The van der Waals surface area contributed by atoms with Gasteiger partial charge in [-0.3, -0.25) is 4.99 Å². The molecule has 1 rings (SSSR count). The van der Waals surface area contributed by atoms with Crippen LogP contribution < -0.4 is 0 Å². The molecule has 1 heterocycles. The van der Waals surface area contributed by atoms with Gasteiger partial charge in [0.05, 0.1) is 6.54 Å². The predicted molar refractivity (Wildman–Crippen MR) is 71.6 cm³/mol. The zero-order valence-corrected chi connectivity index (χ0v) is 11.6. The summed E-state index contributed by atoms with van der Waals surface area (Å²) in [5.74, 6) is 0. The number of urea groups is 1. The molecule has 0 aliphatic carbocycles. The number of amides is 2. The lowest BCUT2D eigenvalue weighted by molar-refractivity contribution is 0.0446. The third-order valence-electron chi connectivity index (χ3n) is 3.05. The minimum atomic E-state index is 0.165. The zero-order chi connectivity index (χ0) is 12.9. The standard InChI is InChI=1S/C13H25N3O/c1-5-6-8-15(9-7-14-4)12(17)16-10-13(2,3)11-16/h7H,5-6,8-11H2,1-4H3/b14-7+. The molecule has 0 unspecified atom stereocenters. The summed E-state index contributed by atoms with van der Waals surface area (Å²) in [5.41, 5.74) is 0.297. The number of hydrogen-bond donors (Lipinski definition) is 0. The summed E-state index contributed by atoms with van der Waals surface area (Å²) in [6.07, 6.45) is 3.97. The summed E-state index contributed by atoms with van der Waals surface area (Å²) < 4.78 is 0. The number of rotatable bonds is 5. The smallest absolute Gasteiger partial charge is 0.320 e. The minimum Gasteiger partial charge on any atom is -0.323 e. The maximum Gasteiger partial charge on any atom is 0.320 e. The molecule has 0 bridgehead atoms. The van der Waals surface area contributed by atoms with E-state index < -0.39 is 0 Å². The lowest BCUT2D eigenvalue weighted by atomic mass is 9.85. The van der Waals surface area contributed by atoms with Crippen LogP contribution in [0.25, 0.3) is 0 Å². The Kier molecular flexibility index (Phi) is 4.97. The third kappa shape index (κ3) is 4.02. The number of carbonyl (C=O) groups is 1. The lowest BCUT2D eigenvalue weighted by Gasteiger charge is -2.47. The molecule has 4 nitrogen and oxygen atoms in total. The van der Waals surface area contributed by atoms with Crippen LogP contribution >= 0.6 is 0 Å². The molecule has 0 aromatic rings. The molecule has 17 heavy (non-hydrogen) atoms. The number of carbonyl (C=O) groups excluding carboxylic acids is 1. The predicted octanol–water partition coefficient (Wildman–Crippen LogP) is 2.25. The van der Waals surface area contributed by atoms with Crippen molar-refractivity contribution in [1.29, 1.82) is 0 Å². The second-order valence-electron chi connectivity index (χ2n) is 5.54.